The molecule has 1 atom stereocenters. The highest BCUT2D eigenvalue weighted by molar-refractivity contribution is 5.25. The average molecular weight is 274 g/mol. The third kappa shape index (κ3) is 4.07. The maximum absolute atomic E-state index is 6.08. The molecule has 2 heteroatoms. The van der Waals surface area contributed by atoms with Gasteiger partial charge in [-0.15, -0.1) is 0 Å². The van der Waals surface area contributed by atoms with Crippen LogP contribution in [-0.4, -0.2) is 31.1 Å². The molecular formula is C18H30N2. The van der Waals surface area contributed by atoms with Gasteiger partial charge in [-0.2, -0.15) is 0 Å². The van der Waals surface area contributed by atoms with Gasteiger partial charge in [0.2, 0.25) is 0 Å². The van der Waals surface area contributed by atoms with Crippen LogP contribution in [0.3, 0.4) is 0 Å². The standard InChI is InChI=1S/C18H30N2/c1-15(2)17-8-6-16(7-9-17)12-18(3,13-19)14-20-10-4-5-11-20/h6-9,15H,4-5,10-14,19H2,1-3H3. The number of nitrogens with zero attached hydrogens (tertiary/aromatic N) is 1. The summed E-state index contributed by atoms with van der Waals surface area (Å²) in [5.74, 6) is 0.606. The summed E-state index contributed by atoms with van der Waals surface area (Å²) in [6.07, 6.45) is 3.78. The van der Waals surface area contributed by atoms with Gasteiger partial charge in [0.15, 0.2) is 0 Å². The van der Waals surface area contributed by atoms with E-state index in [9.17, 15) is 0 Å². The van der Waals surface area contributed by atoms with Crippen LogP contribution in [-0.2, 0) is 6.42 Å². The molecule has 0 spiro atoms. The molecule has 2 nitrogen and oxygen atoms in total. The molecule has 2 N–H and O–H groups in total. The zero-order valence-electron chi connectivity index (χ0n) is 13.4. The predicted molar refractivity (Wildman–Crippen MR) is 87.1 cm³/mol. The largest absolute Gasteiger partial charge is 0.330 e. The molecule has 1 aliphatic rings. The second kappa shape index (κ2) is 6.73. The van der Waals surface area contributed by atoms with Crippen molar-refractivity contribution >= 4 is 0 Å². The molecule has 1 aromatic rings. The van der Waals surface area contributed by atoms with Gasteiger partial charge in [0.1, 0.15) is 0 Å². The van der Waals surface area contributed by atoms with Crippen LogP contribution in [0.15, 0.2) is 24.3 Å². The highest BCUT2D eigenvalue weighted by Gasteiger charge is 2.27. The van der Waals surface area contributed by atoms with Crippen LogP contribution in [0.4, 0.5) is 0 Å². The zero-order chi connectivity index (χ0) is 14.6. The summed E-state index contributed by atoms with van der Waals surface area (Å²) in [5, 5.41) is 0. The minimum Gasteiger partial charge on any atom is -0.330 e. The number of nitrogens with two attached hydrogens (primary N) is 1. The molecule has 0 amide bonds. The Kier molecular flexibility index (Phi) is 5.22. The van der Waals surface area contributed by atoms with Crippen LogP contribution in [0.1, 0.15) is 50.7 Å². The third-order valence-corrected chi connectivity index (χ3v) is 4.57. The van der Waals surface area contributed by atoms with Crippen molar-refractivity contribution in [2.24, 2.45) is 11.1 Å². The van der Waals surface area contributed by atoms with E-state index in [4.69, 9.17) is 5.73 Å². The lowest BCUT2D eigenvalue weighted by molar-refractivity contribution is 0.196. The molecule has 20 heavy (non-hydrogen) atoms. The van der Waals surface area contributed by atoms with Crippen LogP contribution in [0.5, 0.6) is 0 Å². The molecule has 1 aliphatic heterocycles. The van der Waals surface area contributed by atoms with E-state index in [0.29, 0.717) is 5.92 Å². The number of hydrogen-bond acceptors (Lipinski definition) is 2. The molecule has 112 valence electrons. The topological polar surface area (TPSA) is 29.3 Å². The van der Waals surface area contributed by atoms with Crippen molar-refractivity contribution in [3.63, 3.8) is 0 Å². The van der Waals surface area contributed by atoms with Gasteiger partial charge in [0.05, 0.1) is 0 Å². The highest BCUT2D eigenvalue weighted by atomic mass is 15.1. The van der Waals surface area contributed by atoms with Crippen LogP contribution in [0, 0.1) is 5.41 Å². The van der Waals surface area contributed by atoms with E-state index >= 15 is 0 Å². The summed E-state index contributed by atoms with van der Waals surface area (Å²) in [7, 11) is 0. The van der Waals surface area contributed by atoms with Gasteiger partial charge in [0, 0.05) is 6.54 Å². The van der Waals surface area contributed by atoms with E-state index in [1.54, 1.807) is 0 Å². The quantitative estimate of drug-likeness (QED) is 0.861. The predicted octanol–water partition coefficient (Wildman–Crippen LogP) is 3.41. The van der Waals surface area contributed by atoms with Crippen molar-refractivity contribution in [1.82, 2.24) is 4.90 Å². The summed E-state index contributed by atoms with van der Waals surface area (Å²) in [6.45, 7) is 11.2. The van der Waals surface area contributed by atoms with E-state index in [-0.39, 0.29) is 5.41 Å². The molecule has 0 aliphatic carbocycles. The zero-order valence-corrected chi connectivity index (χ0v) is 13.4. The van der Waals surface area contributed by atoms with Gasteiger partial charge in [-0.1, -0.05) is 45.0 Å². The van der Waals surface area contributed by atoms with Crippen LogP contribution >= 0.6 is 0 Å². The van der Waals surface area contributed by atoms with Gasteiger partial charge in [0.25, 0.3) is 0 Å². The highest BCUT2D eigenvalue weighted by Crippen LogP contribution is 2.26. The van der Waals surface area contributed by atoms with E-state index in [1.807, 2.05) is 0 Å². The SMILES string of the molecule is CC(C)c1ccc(CC(C)(CN)CN2CCCC2)cc1. The van der Waals surface area contributed by atoms with Crippen molar-refractivity contribution in [3.05, 3.63) is 35.4 Å². The normalized spacial score (nSPS) is 19.4. The summed E-state index contributed by atoms with van der Waals surface area (Å²) in [6, 6.07) is 9.11. The summed E-state index contributed by atoms with van der Waals surface area (Å²) in [4.78, 5) is 2.58. The van der Waals surface area contributed by atoms with Crippen molar-refractivity contribution in [2.75, 3.05) is 26.2 Å². The molecular weight excluding hydrogens is 244 g/mol. The summed E-state index contributed by atoms with van der Waals surface area (Å²) < 4.78 is 0. The molecule has 0 saturated carbocycles. The minimum atomic E-state index is 0.198. The lowest BCUT2D eigenvalue weighted by Crippen LogP contribution is -2.41. The van der Waals surface area contributed by atoms with Crippen LogP contribution in [0.2, 0.25) is 0 Å². The maximum atomic E-state index is 6.08. The summed E-state index contributed by atoms with van der Waals surface area (Å²) in [5.41, 5.74) is 9.12. The van der Waals surface area contributed by atoms with Gasteiger partial charge in [-0.05, 0) is 61.4 Å². The fourth-order valence-electron chi connectivity index (χ4n) is 3.19. The Hall–Kier alpha value is -0.860. The molecule has 1 heterocycles. The first-order valence-electron chi connectivity index (χ1n) is 8.04. The fraction of sp³-hybridized carbons (Fsp3) is 0.667. The van der Waals surface area contributed by atoms with Gasteiger partial charge in [-0.3, -0.25) is 0 Å². The van der Waals surface area contributed by atoms with Gasteiger partial charge < -0.3 is 10.6 Å². The Balaban J connectivity index is 2.00. The van der Waals surface area contributed by atoms with E-state index in [0.717, 1.165) is 19.5 Å². The first kappa shape index (κ1) is 15.5. The first-order chi connectivity index (χ1) is 9.52. The lowest BCUT2D eigenvalue weighted by atomic mass is 9.82. The van der Waals surface area contributed by atoms with Crippen LogP contribution in [0.25, 0.3) is 0 Å². The molecule has 0 aromatic heterocycles. The van der Waals surface area contributed by atoms with Gasteiger partial charge >= 0.3 is 0 Å². The van der Waals surface area contributed by atoms with Crippen molar-refractivity contribution in [2.45, 2.75) is 46.0 Å². The second-order valence-corrected chi connectivity index (χ2v) is 7.07. The van der Waals surface area contributed by atoms with Gasteiger partial charge in [-0.25, -0.2) is 0 Å². The van der Waals surface area contributed by atoms with Crippen molar-refractivity contribution in [3.8, 4) is 0 Å². The van der Waals surface area contributed by atoms with E-state index < -0.39 is 0 Å². The Morgan fingerprint density at radius 3 is 2.25 bits per heavy atom. The maximum Gasteiger partial charge on any atom is 0.00506 e. The molecule has 1 unspecified atom stereocenters. The Bertz CT molecular complexity index is 404. The molecule has 0 radical (unpaired) electrons. The molecule has 1 aromatic carbocycles. The molecule has 1 fully saturated rings. The minimum absolute atomic E-state index is 0.198. The van der Waals surface area contributed by atoms with E-state index in [1.165, 1.54) is 37.1 Å². The molecule has 1 saturated heterocycles. The van der Waals surface area contributed by atoms with Crippen molar-refractivity contribution < 1.29 is 0 Å². The lowest BCUT2D eigenvalue weighted by Gasteiger charge is -2.33. The summed E-state index contributed by atoms with van der Waals surface area (Å²) >= 11 is 0. The number of benzene rings is 1. The number of rotatable bonds is 6. The molecule has 0 bridgehead atoms. The van der Waals surface area contributed by atoms with E-state index in [2.05, 4.69) is 49.9 Å². The first-order valence-corrected chi connectivity index (χ1v) is 8.04. The van der Waals surface area contributed by atoms with Crippen LogP contribution < -0.4 is 5.73 Å². The Morgan fingerprint density at radius 2 is 1.75 bits per heavy atom. The Morgan fingerprint density at radius 1 is 1.15 bits per heavy atom. The second-order valence-electron chi connectivity index (χ2n) is 7.07. The molecule has 2 rings (SSSR count). The smallest absolute Gasteiger partial charge is 0.00506 e. The number of hydrogen-bond donors (Lipinski definition) is 1. The number of likely N-dealkylation sites (tertiary alicyclic amines) is 1. The monoisotopic (exact) mass is 274 g/mol. The fourth-order valence-corrected chi connectivity index (χ4v) is 3.19. The Labute approximate surface area is 124 Å². The third-order valence-electron chi connectivity index (χ3n) is 4.57. The average Bonchev–Trinajstić information content (AvgIpc) is 2.92. The van der Waals surface area contributed by atoms with Crippen molar-refractivity contribution in [1.29, 1.82) is 0 Å².